The van der Waals surface area contributed by atoms with Gasteiger partial charge in [0.1, 0.15) is 5.75 Å². The maximum absolute atomic E-state index is 11.7. The summed E-state index contributed by atoms with van der Waals surface area (Å²) < 4.78 is 0. The Morgan fingerprint density at radius 3 is 1.83 bits per heavy atom. The fourth-order valence-electron chi connectivity index (χ4n) is 3.45. The van der Waals surface area contributed by atoms with Gasteiger partial charge in [0.25, 0.3) is 0 Å². The second-order valence-electron chi connectivity index (χ2n) is 7.88. The number of phenolic OH excluding ortho intramolecular Hbond substituents is 1. The van der Waals surface area contributed by atoms with Gasteiger partial charge in [0.05, 0.1) is 0 Å². The summed E-state index contributed by atoms with van der Waals surface area (Å²) in [5.41, 5.74) is 2.18. The molecule has 1 aromatic rings. The van der Waals surface area contributed by atoms with Crippen LogP contribution in [0.15, 0.2) is 24.8 Å². The Hall–Kier alpha value is -1.77. The lowest BCUT2D eigenvalue weighted by molar-refractivity contribution is -0.111. The fraction of sp³-hybridized carbons (Fsp3) is 0.571. The molecule has 0 aliphatic rings. The SMILES string of the molecule is C=CC(=O)Nc1cc(C(C)(C)CCC)c(O)c(C(C)(C)CCC)c1. The molecule has 0 radical (unpaired) electrons. The van der Waals surface area contributed by atoms with E-state index in [0.29, 0.717) is 5.75 Å². The summed E-state index contributed by atoms with van der Waals surface area (Å²) in [6.07, 6.45) is 5.26. The lowest BCUT2D eigenvalue weighted by Crippen LogP contribution is -2.22. The van der Waals surface area contributed by atoms with Gasteiger partial charge < -0.3 is 10.4 Å². The highest BCUT2D eigenvalue weighted by atomic mass is 16.3. The number of carbonyl (C=O) groups is 1. The largest absolute Gasteiger partial charge is 0.507 e. The van der Waals surface area contributed by atoms with Crippen LogP contribution >= 0.6 is 0 Å². The van der Waals surface area contributed by atoms with E-state index < -0.39 is 0 Å². The summed E-state index contributed by atoms with van der Waals surface area (Å²) in [5, 5.41) is 13.9. The minimum Gasteiger partial charge on any atom is -0.507 e. The first-order valence-electron chi connectivity index (χ1n) is 8.90. The molecule has 0 unspecified atom stereocenters. The van der Waals surface area contributed by atoms with Crippen molar-refractivity contribution in [3.05, 3.63) is 35.9 Å². The first-order valence-corrected chi connectivity index (χ1v) is 8.90. The van der Waals surface area contributed by atoms with E-state index in [1.165, 1.54) is 6.08 Å². The Kier molecular flexibility index (Phi) is 6.65. The summed E-state index contributed by atoms with van der Waals surface area (Å²) in [4.78, 5) is 11.7. The molecular formula is C21H33NO2. The van der Waals surface area contributed by atoms with Gasteiger partial charge in [-0.2, -0.15) is 0 Å². The second kappa shape index (κ2) is 7.87. The third-order valence-corrected chi connectivity index (χ3v) is 4.77. The first kappa shape index (κ1) is 20.3. The van der Waals surface area contributed by atoms with Crippen molar-refractivity contribution >= 4 is 11.6 Å². The van der Waals surface area contributed by atoms with Crippen molar-refractivity contribution in [3.8, 4) is 5.75 Å². The molecule has 0 aliphatic carbocycles. The Labute approximate surface area is 147 Å². The lowest BCUT2D eigenvalue weighted by atomic mass is 9.74. The second-order valence-corrected chi connectivity index (χ2v) is 7.88. The van der Waals surface area contributed by atoms with Gasteiger partial charge in [0.2, 0.25) is 5.91 Å². The van der Waals surface area contributed by atoms with Gasteiger partial charge in [-0.05, 0) is 41.9 Å². The average Bonchev–Trinajstić information content (AvgIpc) is 2.48. The van der Waals surface area contributed by atoms with Crippen molar-refractivity contribution in [3.63, 3.8) is 0 Å². The quantitative estimate of drug-likeness (QED) is 0.476. The van der Waals surface area contributed by atoms with Crippen LogP contribution in [0.2, 0.25) is 0 Å². The van der Waals surface area contributed by atoms with E-state index in [1.54, 1.807) is 0 Å². The zero-order chi connectivity index (χ0) is 18.5. The molecule has 0 saturated carbocycles. The Morgan fingerprint density at radius 2 is 1.50 bits per heavy atom. The number of hydrogen-bond acceptors (Lipinski definition) is 2. The highest BCUT2D eigenvalue weighted by molar-refractivity contribution is 5.99. The van der Waals surface area contributed by atoms with Gasteiger partial charge in [-0.3, -0.25) is 4.79 Å². The van der Waals surface area contributed by atoms with Gasteiger partial charge in [-0.15, -0.1) is 0 Å². The summed E-state index contributed by atoms with van der Waals surface area (Å²) in [6.45, 7) is 16.4. The normalized spacial score (nSPS) is 12.1. The minimum absolute atomic E-state index is 0.162. The molecule has 0 fully saturated rings. The Bertz CT molecular complexity index is 561. The van der Waals surface area contributed by atoms with Crippen molar-refractivity contribution < 1.29 is 9.90 Å². The molecule has 0 atom stereocenters. The van der Waals surface area contributed by atoms with Gasteiger partial charge in [0, 0.05) is 16.8 Å². The molecule has 1 amide bonds. The van der Waals surface area contributed by atoms with E-state index >= 15 is 0 Å². The summed E-state index contributed by atoms with van der Waals surface area (Å²) >= 11 is 0. The number of hydrogen-bond donors (Lipinski definition) is 2. The molecule has 2 N–H and O–H groups in total. The van der Waals surface area contributed by atoms with E-state index in [9.17, 15) is 9.90 Å². The monoisotopic (exact) mass is 331 g/mol. The van der Waals surface area contributed by atoms with Crippen LogP contribution in [0, 0.1) is 0 Å². The predicted octanol–water partition coefficient (Wildman–Crippen LogP) is 5.67. The summed E-state index contributed by atoms with van der Waals surface area (Å²) in [6, 6.07) is 3.80. The van der Waals surface area contributed by atoms with E-state index in [1.807, 2.05) is 12.1 Å². The number of carbonyl (C=O) groups excluding carboxylic acids is 1. The molecular weight excluding hydrogens is 298 g/mol. The molecule has 3 heteroatoms. The standard InChI is InChI=1S/C21H33NO2/c1-8-11-20(4,5)16-13-15(22-18(23)10-3)14-17(19(16)24)21(6,7)12-9-2/h10,13-14,24H,3,8-9,11-12H2,1-2,4-7H3,(H,22,23). The van der Waals surface area contributed by atoms with Crippen molar-refractivity contribution in [1.82, 2.24) is 0 Å². The Morgan fingerprint density at radius 1 is 1.08 bits per heavy atom. The number of anilines is 1. The van der Waals surface area contributed by atoms with Crippen molar-refractivity contribution in [2.24, 2.45) is 0 Å². The van der Waals surface area contributed by atoms with E-state index in [4.69, 9.17) is 0 Å². The van der Waals surface area contributed by atoms with E-state index in [-0.39, 0.29) is 16.7 Å². The van der Waals surface area contributed by atoms with Crippen LogP contribution in [-0.2, 0) is 15.6 Å². The fourth-order valence-corrected chi connectivity index (χ4v) is 3.45. The smallest absolute Gasteiger partial charge is 0.247 e. The minimum atomic E-state index is -0.237. The number of amides is 1. The molecule has 0 saturated heterocycles. The molecule has 134 valence electrons. The van der Waals surface area contributed by atoms with E-state index in [2.05, 4.69) is 53.4 Å². The van der Waals surface area contributed by atoms with Crippen molar-refractivity contribution in [2.75, 3.05) is 5.32 Å². The van der Waals surface area contributed by atoms with Crippen LogP contribution in [0.4, 0.5) is 5.69 Å². The molecule has 24 heavy (non-hydrogen) atoms. The van der Waals surface area contributed by atoms with Crippen LogP contribution in [0.5, 0.6) is 5.75 Å². The number of aromatic hydroxyl groups is 1. The number of rotatable bonds is 8. The number of nitrogens with one attached hydrogen (secondary N) is 1. The van der Waals surface area contributed by atoms with Gasteiger partial charge in [-0.1, -0.05) is 61.0 Å². The summed E-state index contributed by atoms with van der Waals surface area (Å²) in [7, 11) is 0. The maximum Gasteiger partial charge on any atom is 0.247 e. The summed E-state index contributed by atoms with van der Waals surface area (Å²) in [5.74, 6) is 0.127. The zero-order valence-corrected chi connectivity index (χ0v) is 16.1. The third-order valence-electron chi connectivity index (χ3n) is 4.77. The van der Waals surface area contributed by atoms with Crippen molar-refractivity contribution in [1.29, 1.82) is 0 Å². The molecule has 0 heterocycles. The van der Waals surface area contributed by atoms with Gasteiger partial charge >= 0.3 is 0 Å². The van der Waals surface area contributed by atoms with Crippen molar-refractivity contribution in [2.45, 2.75) is 78.1 Å². The van der Waals surface area contributed by atoms with Crippen LogP contribution in [0.25, 0.3) is 0 Å². The topological polar surface area (TPSA) is 49.3 Å². The highest BCUT2D eigenvalue weighted by Crippen LogP contribution is 2.44. The van der Waals surface area contributed by atoms with Crippen LogP contribution < -0.4 is 5.32 Å². The molecule has 0 aliphatic heterocycles. The Balaban J connectivity index is 3.55. The average molecular weight is 332 g/mol. The maximum atomic E-state index is 11.7. The predicted molar refractivity (Wildman–Crippen MR) is 103 cm³/mol. The van der Waals surface area contributed by atoms with E-state index in [0.717, 1.165) is 42.5 Å². The molecule has 3 nitrogen and oxygen atoms in total. The highest BCUT2D eigenvalue weighted by Gasteiger charge is 2.30. The lowest BCUT2D eigenvalue weighted by Gasteiger charge is -2.32. The van der Waals surface area contributed by atoms with Crippen LogP contribution in [0.3, 0.4) is 0 Å². The molecule has 0 spiro atoms. The molecule has 1 aromatic carbocycles. The first-order chi connectivity index (χ1) is 11.1. The van der Waals surface area contributed by atoms with Gasteiger partial charge in [-0.25, -0.2) is 0 Å². The zero-order valence-electron chi connectivity index (χ0n) is 16.1. The molecule has 1 rings (SSSR count). The van der Waals surface area contributed by atoms with Crippen LogP contribution in [0.1, 0.15) is 78.4 Å². The number of benzene rings is 1. The number of phenols is 1. The molecule has 0 aromatic heterocycles. The van der Waals surface area contributed by atoms with Gasteiger partial charge in [0.15, 0.2) is 0 Å². The van der Waals surface area contributed by atoms with Crippen LogP contribution in [-0.4, -0.2) is 11.0 Å². The molecule has 0 bridgehead atoms. The third kappa shape index (κ3) is 4.62.